The number of hydrogen-bond acceptors (Lipinski definition) is 0. The first kappa shape index (κ1) is 23.6. The predicted molar refractivity (Wildman–Crippen MR) is 95.4 cm³/mol. The first-order valence-corrected chi connectivity index (χ1v) is 12.4. The number of hydrogen-bond donors (Lipinski definition) is 0. The van der Waals surface area contributed by atoms with Crippen molar-refractivity contribution in [3.05, 3.63) is 102 Å². The van der Waals surface area contributed by atoms with E-state index in [1.165, 1.54) is 24.3 Å². The van der Waals surface area contributed by atoms with Gasteiger partial charge in [0, 0.05) is 0 Å². The normalized spacial score (nSPS) is 15.5. The van der Waals surface area contributed by atoms with E-state index < -0.39 is 82.5 Å². The van der Waals surface area contributed by atoms with Crippen LogP contribution in [0.5, 0.6) is 0 Å². The molecular weight excluding hydrogens is 502 g/mol. The molecule has 0 spiro atoms. The van der Waals surface area contributed by atoms with Crippen LogP contribution >= 0.6 is 0 Å². The summed E-state index contributed by atoms with van der Waals surface area (Å²) < 4.78 is 142. The molecule has 2 aromatic carbocycles. The number of rotatable bonds is 4. The zero-order valence-electron chi connectivity index (χ0n) is 16.2. The van der Waals surface area contributed by atoms with Gasteiger partial charge in [0.2, 0.25) is 0 Å². The molecule has 11 heteroatoms. The summed E-state index contributed by atoms with van der Waals surface area (Å²) in [5, 5.41) is 0. The van der Waals surface area contributed by atoms with Gasteiger partial charge in [0.25, 0.3) is 0 Å². The third-order valence-corrected chi connectivity index (χ3v) is 13.6. The second-order valence-electron chi connectivity index (χ2n) is 7.29. The van der Waals surface area contributed by atoms with Crippen molar-refractivity contribution >= 4 is 7.74 Å². The molecule has 0 radical (unpaired) electrons. The molecule has 0 atom stereocenters. The van der Waals surface area contributed by atoms with Crippen molar-refractivity contribution in [2.24, 2.45) is 0 Å². The minimum absolute atomic E-state index is 0.170. The molecule has 2 aliphatic carbocycles. The second kappa shape index (κ2) is 8.32. The molecular formula is C22H10F10Ti. The van der Waals surface area contributed by atoms with E-state index in [0.29, 0.717) is 0 Å². The molecule has 172 valence electrons. The molecule has 0 fully saturated rings. The quantitative estimate of drug-likeness (QED) is 0.208. The van der Waals surface area contributed by atoms with Gasteiger partial charge in [-0.05, 0) is 0 Å². The van der Waals surface area contributed by atoms with Gasteiger partial charge in [0.05, 0.1) is 0 Å². The average Bonchev–Trinajstić information content (AvgIpc) is 3.53. The summed E-state index contributed by atoms with van der Waals surface area (Å²) in [6.07, 6.45) is 7.14. The summed E-state index contributed by atoms with van der Waals surface area (Å²) in [6, 6.07) is 0. The summed E-state index contributed by atoms with van der Waals surface area (Å²) in [5.41, 5.74) is 0. The van der Waals surface area contributed by atoms with E-state index in [0.717, 1.165) is 12.2 Å². The van der Waals surface area contributed by atoms with Crippen molar-refractivity contribution in [3.8, 4) is 0 Å². The molecule has 0 nitrogen and oxygen atoms in total. The third kappa shape index (κ3) is 3.18. The maximum absolute atomic E-state index is 15.2. The maximum atomic E-state index is 15.2. The molecule has 0 saturated carbocycles. The standard InChI is InChI=1S/2C6F5.2C5H5.Ti/c2*7-2-1-3(8)5(10)6(11)4(2)9;2*1-2-4-5-3-1;/h;;2*1-3H,4H2;. The van der Waals surface area contributed by atoms with E-state index >= 15 is 17.6 Å². The van der Waals surface area contributed by atoms with Crippen LogP contribution in [0.1, 0.15) is 12.8 Å². The Morgan fingerprint density at radius 3 is 0.939 bits per heavy atom. The molecule has 4 rings (SSSR count). The zero-order valence-corrected chi connectivity index (χ0v) is 17.7. The molecule has 0 heterocycles. The van der Waals surface area contributed by atoms with Gasteiger partial charge < -0.3 is 0 Å². The van der Waals surface area contributed by atoms with Crippen LogP contribution in [0.4, 0.5) is 43.9 Å². The van der Waals surface area contributed by atoms with E-state index in [-0.39, 0.29) is 20.6 Å². The Kier molecular flexibility index (Phi) is 5.94. The number of allylic oxidation sites excluding steroid dienone is 8. The molecule has 0 amide bonds. The Morgan fingerprint density at radius 1 is 0.424 bits per heavy atom. The van der Waals surface area contributed by atoms with Crippen LogP contribution < -0.4 is 7.74 Å². The SMILES string of the molecule is Fc1c(F)c(F)[c]([Ti]([C]2=CC=CC2)([C]2=CC=CC2)[c]2c(F)c(F)c(F)c(F)c2F)c(F)c1F. The summed E-state index contributed by atoms with van der Waals surface area (Å²) in [4.78, 5) is 0. The van der Waals surface area contributed by atoms with Crippen LogP contribution in [0.2, 0.25) is 0 Å². The van der Waals surface area contributed by atoms with Crippen LogP contribution in [0, 0.1) is 58.2 Å². The van der Waals surface area contributed by atoms with Crippen LogP contribution in [-0.4, -0.2) is 0 Å². The summed E-state index contributed by atoms with van der Waals surface area (Å²) in [7, 11) is 0. The molecule has 0 aromatic heterocycles. The molecule has 0 N–H and O–H groups in total. The Hall–Kier alpha value is -2.59. The van der Waals surface area contributed by atoms with Crippen LogP contribution in [0.3, 0.4) is 0 Å². The third-order valence-electron chi connectivity index (χ3n) is 5.68. The average molecular weight is 512 g/mol. The second-order valence-corrected chi connectivity index (χ2v) is 13.2. The minimum atomic E-state index is -5.99. The van der Waals surface area contributed by atoms with Crippen LogP contribution in [-0.2, 0) is 16.6 Å². The van der Waals surface area contributed by atoms with Crippen molar-refractivity contribution in [1.29, 1.82) is 0 Å². The molecule has 33 heavy (non-hydrogen) atoms. The Bertz CT molecular complexity index is 1160. The van der Waals surface area contributed by atoms with Gasteiger partial charge in [0.1, 0.15) is 0 Å². The van der Waals surface area contributed by atoms with Crippen molar-refractivity contribution in [1.82, 2.24) is 0 Å². The monoisotopic (exact) mass is 512 g/mol. The fourth-order valence-electron chi connectivity index (χ4n) is 4.29. The molecule has 0 saturated heterocycles. The van der Waals surface area contributed by atoms with Crippen LogP contribution in [0.15, 0.2) is 44.2 Å². The first-order chi connectivity index (χ1) is 15.6. The Balaban J connectivity index is 2.31. The summed E-state index contributed by atoms with van der Waals surface area (Å²) in [5.74, 6) is -24.1. The van der Waals surface area contributed by atoms with Gasteiger partial charge in [-0.3, -0.25) is 0 Å². The van der Waals surface area contributed by atoms with Gasteiger partial charge in [-0.15, -0.1) is 0 Å². The molecule has 0 bridgehead atoms. The van der Waals surface area contributed by atoms with Gasteiger partial charge in [-0.2, -0.15) is 0 Å². The predicted octanol–water partition coefficient (Wildman–Crippen LogP) is 5.87. The summed E-state index contributed by atoms with van der Waals surface area (Å²) >= 11 is -5.99. The molecule has 2 aromatic rings. The number of halogens is 10. The zero-order chi connectivity index (χ0) is 24.2. The molecule has 0 unspecified atom stereocenters. The molecule has 0 aliphatic heterocycles. The fourth-order valence-corrected chi connectivity index (χ4v) is 12.5. The fraction of sp³-hybridized carbons (Fsp3) is 0.0909. The summed E-state index contributed by atoms with van der Waals surface area (Å²) in [6.45, 7) is 0. The van der Waals surface area contributed by atoms with Crippen LogP contribution in [0.25, 0.3) is 0 Å². The van der Waals surface area contributed by atoms with Crippen molar-refractivity contribution in [2.45, 2.75) is 12.8 Å². The Labute approximate surface area is 183 Å². The van der Waals surface area contributed by atoms with Gasteiger partial charge >= 0.3 is 183 Å². The van der Waals surface area contributed by atoms with E-state index in [2.05, 4.69) is 0 Å². The molecule has 2 aliphatic rings. The van der Waals surface area contributed by atoms with E-state index in [1.807, 2.05) is 0 Å². The van der Waals surface area contributed by atoms with Gasteiger partial charge in [0.15, 0.2) is 0 Å². The number of benzene rings is 2. The Morgan fingerprint density at radius 2 is 0.697 bits per heavy atom. The van der Waals surface area contributed by atoms with Crippen molar-refractivity contribution < 1.29 is 60.5 Å². The first-order valence-electron chi connectivity index (χ1n) is 9.32. The van der Waals surface area contributed by atoms with Crippen molar-refractivity contribution in [3.63, 3.8) is 0 Å². The van der Waals surface area contributed by atoms with Crippen molar-refractivity contribution in [2.75, 3.05) is 0 Å². The van der Waals surface area contributed by atoms with Gasteiger partial charge in [-0.1, -0.05) is 0 Å². The van der Waals surface area contributed by atoms with Gasteiger partial charge in [-0.25, -0.2) is 0 Å². The van der Waals surface area contributed by atoms with E-state index in [9.17, 15) is 26.3 Å². The topological polar surface area (TPSA) is 0 Å². The van der Waals surface area contributed by atoms with E-state index in [4.69, 9.17) is 0 Å². The van der Waals surface area contributed by atoms with E-state index in [1.54, 1.807) is 0 Å².